The molecule has 24 heavy (non-hydrogen) atoms. The van der Waals surface area contributed by atoms with Crippen LogP contribution in [0.2, 0.25) is 0 Å². The van der Waals surface area contributed by atoms with E-state index in [2.05, 4.69) is 5.32 Å². The number of aliphatic hydroxyl groups excluding tert-OH is 2. The predicted molar refractivity (Wildman–Crippen MR) is 90.7 cm³/mol. The number of Topliss-reactive ketones (excluding diaryl/α,β-unsaturated/α-hetero) is 1. The summed E-state index contributed by atoms with van der Waals surface area (Å²) in [6.45, 7) is 5.27. The average Bonchev–Trinajstić information content (AvgIpc) is 2.60. The summed E-state index contributed by atoms with van der Waals surface area (Å²) in [7, 11) is 0. The van der Waals surface area contributed by atoms with E-state index in [4.69, 9.17) is 4.74 Å². The maximum Gasteiger partial charge on any atom is 0.249 e. The summed E-state index contributed by atoms with van der Waals surface area (Å²) in [6, 6.07) is 8.84. The SMILES string of the molecule is CCOC(CCNC(=O)C(O)C(C)(C)CO)C(=O)c1ccccc1. The minimum atomic E-state index is -1.32. The Morgan fingerprint density at radius 1 is 1.25 bits per heavy atom. The molecule has 6 nitrogen and oxygen atoms in total. The molecule has 1 amide bonds. The smallest absolute Gasteiger partial charge is 0.249 e. The highest BCUT2D eigenvalue weighted by atomic mass is 16.5. The van der Waals surface area contributed by atoms with Crippen LogP contribution in [0.25, 0.3) is 0 Å². The van der Waals surface area contributed by atoms with Gasteiger partial charge in [0.1, 0.15) is 12.2 Å². The number of ketones is 1. The molecular weight excluding hydrogens is 310 g/mol. The molecule has 0 saturated carbocycles. The van der Waals surface area contributed by atoms with Gasteiger partial charge < -0.3 is 20.3 Å². The summed E-state index contributed by atoms with van der Waals surface area (Å²) in [5.41, 5.74) is -0.368. The van der Waals surface area contributed by atoms with Gasteiger partial charge in [0.05, 0.1) is 6.61 Å². The molecule has 2 atom stereocenters. The number of aliphatic hydroxyl groups is 2. The van der Waals surface area contributed by atoms with Crippen LogP contribution < -0.4 is 5.32 Å². The van der Waals surface area contributed by atoms with E-state index in [0.29, 0.717) is 18.6 Å². The first kappa shape index (κ1) is 20.3. The van der Waals surface area contributed by atoms with Gasteiger partial charge in [0.25, 0.3) is 0 Å². The van der Waals surface area contributed by atoms with Crippen LogP contribution in [0.1, 0.15) is 37.6 Å². The molecular formula is C18H27NO5. The first-order valence-corrected chi connectivity index (χ1v) is 8.11. The molecule has 0 aliphatic carbocycles. The quantitative estimate of drug-likeness (QED) is 0.557. The van der Waals surface area contributed by atoms with E-state index in [1.165, 1.54) is 0 Å². The molecule has 0 fully saturated rings. The Balaban J connectivity index is 2.58. The van der Waals surface area contributed by atoms with Crippen molar-refractivity contribution in [2.24, 2.45) is 5.41 Å². The second kappa shape index (κ2) is 9.52. The Kier molecular flexibility index (Phi) is 8.04. The first-order valence-electron chi connectivity index (χ1n) is 8.11. The Bertz CT molecular complexity index is 529. The standard InChI is InChI=1S/C18H27NO5/c1-4-24-14(15(21)13-8-6-5-7-9-13)10-11-19-17(23)16(22)18(2,3)12-20/h5-9,14,16,20,22H,4,10-12H2,1-3H3,(H,19,23). The van der Waals surface area contributed by atoms with Gasteiger partial charge in [-0.1, -0.05) is 44.2 Å². The molecule has 6 heteroatoms. The fraction of sp³-hybridized carbons (Fsp3) is 0.556. The van der Waals surface area contributed by atoms with Gasteiger partial charge in [-0.15, -0.1) is 0 Å². The van der Waals surface area contributed by atoms with Gasteiger partial charge >= 0.3 is 0 Å². The van der Waals surface area contributed by atoms with Crippen molar-refractivity contribution in [3.8, 4) is 0 Å². The Hall–Kier alpha value is -1.76. The van der Waals surface area contributed by atoms with Crippen molar-refractivity contribution in [2.75, 3.05) is 19.8 Å². The number of ether oxygens (including phenoxy) is 1. The largest absolute Gasteiger partial charge is 0.396 e. The summed E-state index contributed by atoms with van der Waals surface area (Å²) < 4.78 is 5.49. The topological polar surface area (TPSA) is 95.9 Å². The maximum atomic E-state index is 12.4. The molecule has 0 bridgehead atoms. The van der Waals surface area contributed by atoms with Gasteiger partial charge in [0.15, 0.2) is 5.78 Å². The molecule has 0 radical (unpaired) electrons. The highest BCUT2D eigenvalue weighted by molar-refractivity contribution is 5.99. The summed E-state index contributed by atoms with van der Waals surface area (Å²) in [5.74, 6) is -0.709. The molecule has 2 unspecified atom stereocenters. The van der Waals surface area contributed by atoms with Gasteiger partial charge in [0.2, 0.25) is 5.91 Å². The highest BCUT2D eigenvalue weighted by Crippen LogP contribution is 2.19. The zero-order valence-corrected chi connectivity index (χ0v) is 14.5. The maximum absolute atomic E-state index is 12.4. The molecule has 0 aliphatic heterocycles. The summed E-state index contributed by atoms with van der Waals surface area (Å²) in [4.78, 5) is 24.4. The van der Waals surface area contributed by atoms with Crippen molar-refractivity contribution in [3.05, 3.63) is 35.9 Å². The van der Waals surface area contributed by atoms with E-state index in [-0.39, 0.29) is 18.9 Å². The number of carbonyl (C=O) groups is 2. The molecule has 134 valence electrons. The number of hydrogen-bond acceptors (Lipinski definition) is 5. The lowest BCUT2D eigenvalue weighted by atomic mass is 9.87. The van der Waals surface area contributed by atoms with Gasteiger partial charge in [-0.3, -0.25) is 9.59 Å². The lowest BCUT2D eigenvalue weighted by molar-refractivity contribution is -0.137. The van der Waals surface area contributed by atoms with Crippen molar-refractivity contribution in [3.63, 3.8) is 0 Å². The van der Waals surface area contributed by atoms with Gasteiger partial charge in [-0.25, -0.2) is 0 Å². The normalized spacial score (nSPS) is 14.0. The van der Waals surface area contributed by atoms with Crippen molar-refractivity contribution < 1.29 is 24.5 Å². The number of nitrogens with one attached hydrogen (secondary N) is 1. The molecule has 1 rings (SSSR count). The van der Waals surface area contributed by atoms with Crippen molar-refractivity contribution in [2.45, 2.75) is 39.4 Å². The number of hydrogen-bond donors (Lipinski definition) is 3. The van der Waals surface area contributed by atoms with E-state index in [1.807, 2.05) is 6.07 Å². The molecule has 1 aromatic rings. The zero-order chi connectivity index (χ0) is 18.2. The fourth-order valence-electron chi connectivity index (χ4n) is 2.14. The van der Waals surface area contributed by atoms with E-state index in [0.717, 1.165) is 0 Å². The van der Waals surface area contributed by atoms with Crippen LogP contribution in [-0.4, -0.2) is 53.9 Å². The van der Waals surface area contributed by atoms with E-state index >= 15 is 0 Å². The summed E-state index contributed by atoms with van der Waals surface area (Å²) >= 11 is 0. The van der Waals surface area contributed by atoms with E-state index in [1.54, 1.807) is 45.0 Å². The van der Waals surface area contributed by atoms with E-state index < -0.39 is 23.5 Å². The lowest BCUT2D eigenvalue weighted by Crippen LogP contribution is -2.46. The molecule has 0 aliphatic rings. The highest BCUT2D eigenvalue weighted by Gasteiger charge is 2.33. The van der Waals surface area contributed by atoms with Crippen LogP contribution in [0.3, 0.4) is 0 Å². The van der Waals surface area contributed by atoms with Crippen LogP contribution in [0, 0.1) is 5.41 Å². The molecule has 3 N–H and O–H groups in total. The number of amides is 1. The summed E-state index contributed by atoms with van der Waals surface area (Å²) in [5, 5.41) is 21.7. The number of rotatable bonds is 10. The fourth-order valence-corrected chi connectivity index (χ4v) is 2.14. The van der Waals surface area contributed by atoms with Crippen LogP contribution >= 0.6 is 0 Å². The minimum absolute atomic E-state index is 0.136. The monoisotopic (exact) mass is 337 g/mol. The average molecular weight is 337 g/mol. The lowest BCUT2D eigenvalue weighted by Gasteiger charge is -2.27. The van der Waals surface area contributed by atoms with Gasteiger partial charge in [0, 0.05) is 24.1 Å². The van der Waals surface area contributed by atoms with Gasteiger partial charge in [-0.2, -0.15) is 0 Å². The molecule has 1 aromatic carbocycles. The number of benzene rings is 1. The second-order valence-electron chi connectivity index (χ2n) is 6.30. The van der Waals surface area contributed by atoms with Crippen molar-refractivity contribution >= 4 is 11.7 Å². The summed E-state index contributed by atoms with van der Waals surface area (Å²) in [6.07, 6.45) is -1.67. The number of carbonyl (C=O) groups excluding carboxylic acids is 2. The minimum Gasteiger partial charge on any atom is -0.396 e. The van der Waals surface area contributed by atoms with Crippen molar-refractivity contribution in [1.29, 1.82) is 0 Å². The molecule has 0 aromatic heterocycles. The third kappa shape index (κ3) is 5.70. The first-order chi connectivity index (χ1) is 11.3. The predicted octanol–water partition coefficient (Wildman–Crippen LogP) is 1.16. The van der Waals surface area contributed by atoms with Crippen LogP contribution in [0.15, 0.2) is 30.3 Å². The van der Waals surface area contributed by atoms with Crippen LogP contribution in [-0.2, 0) is 9.53 Å². The zero-order valence-electron chi connectivity index (χ0n) is 14.5. The van der Waals surface area contributed by atoms with Crippen LogP contribution in [0.4, 0.5) is 0 Å². The molecule has 0 heterocycles. The Morgan fingerprint density at radius 3 is 2.42 bits per heavy atom. The Labute approximate surface area is 142 Å². The van der Waals surface area contributed by atoms with Crippen LogP contribution in [0.5, 0.6) is 0 Å². The third-order valence-electron chi connectivity index (χ3n) is 3.82. The Morgan fingerprint density at radius 2 is 1.88 bits per heavy atom. The third-order valence-corrected chi connectivity index (χ3v) is 3.82. The van der Waals surface area contributed by atoms with Gasteiger partial charge in [-0.05, 0) is 13.3 Å². The van der Waals surface area contributed by atoms with Crippen molar-refractivity contribution in [1.82, 2.24) is 5.32 Å². The molecule has 0 saturated heterocycles. The molecule has 0 spiro atoms. The second-order valence-corrected chi connectivity index (χ2v) is 6.30. The van der Waals surface area contributed by atoms with E-state index in [9.17, 15) is 19.8 Å².